The number of alkyl halides is 3. The number of allylic oxidation sites excluding steroid dienone is 2. The molecule has 1 aromatic carbocycles. The van der Waals surface area contributed by atoms with Crippen LogP contribution in [0.25, 0.3) is 10.9 Å². The van der Waals surface area contributed by atoms with Gasteiger partial charge in [0.2, 0.25) is 5.91 Å². The Bertz CT molecular complexity index is 1640. The van der Waals surface area contributed by atoms with E-state index in [-0.39, 0.29) is 42.8 Å². The third-order valence-corrected chi connectivity index (χ3v) is 9.63. The van der Waals surface area contributed by atoms with E-state index in [4.69, 9.17) is 18.9 Å². The molecule has 0 bridgehead atoms. The predicted molar refractivity (Wildman–Crippen MR) is 212 cm³/mol. The van der Waals surface area contributed by atoms with E-state index in [1.54, 1.807) is 39.0 Å². The van der Waals surface area contributed by atoms with Crippen molar-refractivity contribution in [3.8, 4) is 11.5 Å². The Morgan fingerprint density at radius 1 is 1.11 bits per heavy atom. The molecule has 0 radical (unpaired) electrons. The van der Waals surface area contributed by atoms with Gasteiger partial charge in [-0.2, -0.15) is 13.2 Å². The third kappa shape index (κ3) is 14.8. The summed E-state index contributed by atoms with van der Waals surface area (Å²) in [7, 11) is 1.22. The van der Waals surface area contributed by atoms with Gasteiger partial charge in [0, 0.05) is 37.1 Å². The van der Waals surface area contributed by atoms with Crippen LogP contribution in [0.15, 0.2) is 43.5 Å². The summed E-state index contributed by atoms with van der Waals surface area (Å²) in [5, 5.41) is 14.0. The number of aromatic nitrogens is 1. The highest BCUT2D eigenvalue weighted by Crippen LogP contribution is 2.41. The lowest BCUT2D eigenvalue weighted by Gasteiger charge is -2.29. The Morgan fingerprint density at radius 3 is 2.44 bits per heavy atom. The number of nitrogens with one attached hydrogen (secondary N) is 1. The largest absolute Gasteiger partial charge is 0.505 e. The third-order valence-electron chi connectivity index (χ3n) is 9.63. The minimum Gasteiger partial charge on any atom is -0.505 e. The molecular weight excluding hydrogens is 745 g/mol. The number of esters is 1. The van der Waals surface area contributed by atoms with Gasteiger partial charge in [0.05, 0.1) is 32.4 Å². The molecule has 1 aromatic heterocycles. The Balaban J connectivity index is 0.00000281. The molecule has 57 heavy (non-hydrogen) atoms. The number of nitrogens with zero attached hydrogens (tertiary/aromatic N) is 3. The predicted octanol–water partition coefficient (Wildman–Crippen LogP) is 7.61. The molecule has 3 heterocycles. The SMILES string of the molecule is C=CC.C=CCCCCC[C@H](NC(=O)OC(C)(C)C)C(=O)N1CC(CCc2c(O)c(C(F)(F)F)nc3ccc(OCCCN4CCOCC4)cc23)CC1C(=O)OC. The molecule has 2 saturated heterocycles. The second kappa shape index (κ2) is 22.5. The molecule has 12 nitrogen and oxygen atoms in total. The van der Waals surface area contributed by atoms with Crippen LogP contribution in [0.4, 0.5) is 18.0 Å². The van der Waals surface area contributed by atoms with Gasteiger partial charge in [-0.15, -0.1) is 13.2 Å². The Morgan fingerprint density at radius 2 is 1.81 bits per heavy atom. The summed E-state index contributed by atoms with van der Waals surface area (Å²) < 4.78 is 64.0. The standard InChI is InChI=1S/C39H55F3N4O8.C3H6/c1-6-7-8-9-10-12-31(44-37(50)54-38(2,3)4)35(48)46-25-26(23-32(46)36(49)51-5)13-15-28-29-24-27(53-20-11-17-45-18-21-52-22-19-45)14-16-30(29)43-34(33(28)47)39(40,41)42;1-3-2/h6,14,16,24,26,31-32,47H,1,7-13,15,17-23,25H2,2-5H3,(H,44,50);3H,1H2,2H3/t26?,31-,32?;/m0./s1. The number of hydrogen-bond donors (Lipinski definition) is 2. The molecule has 2 aliphatic rings. The average Bonchev–Trinajstić information content (AvgIpc) is 3.58. The van der Waals surface area contributed by atoms with E-state index >= 15 is 0 Å². The van der Waals surface area contributed by atoms with E-state index < -0.39 is 53.3 Å². The summed E-state index contributed by atoms with van der Waals surface area (Å²) >= 11 is 0. The number of benzene rings is 1. The second-order valence-corrected chi connectivity index (χ2v) is 15.3. The summed E-state index contributed by atoms with van der Waals surface area (Å²) in [4.78, 5) is 47.3. The number of rotatable bonds is 17. The fourth-order valence-electron chi connectivity index (χ4n) is 6.95. The van der Waals surface area contributed by atoms with Gasteiger partial charge in [-0.25, -0.2) is 14.6 Å². The molecule has 4 rings (SSSR count). The van der Waals surface area contributed by atoms with Crippen LogP contribution in [0.5, 0.6) is 11.5 Å². The lowest BCUT2D eigenvalue weighted by molar-refractivity contribution is -0.151. The number of morpholine rings is 1. The summed E-state index contributed by atoms with van der Waals surface area (Å²) in [5.74, 6) is -1.99. The summed E-state index contributed by atoms with van der Waals surface area (Å²) in [6.07, 6.45) is 2.44. The topological polar surface area (TPSA) is 140 Å². The van der Waals surface area contributed by atoms with Crippen LogP contribution in [0.1, 0.15) is 90.3 Å². The number of aryl methyl sites for hydroxylation is 1. The highest BCUT2D eigenvalue weighted by atomic mass is 19.4. The number of ether oxygens (including phenoxy) is 4. The van der Waals surface area contributed by atoms with Crippen LogP contribution in [0.3, 0.4) is 0 Å². The number of hydrogen-bond acceptors (Lipinski definition) is 10. The first-order valence-corrected chi connectivity index (χ1v) is 19.7. The van der Waals surface area contributed by atoms with Crippen LogP contribution in [-0.2, 0) is 36.4 Å². The Hall–Kier alpha value is -4.37. The molecule has 3 atom stereocenters. The van der Waals surface area contributed by atoms with Gasteiger partial charge in [0.25, 0.3) is 0 Å². The van der Waals surface area contributed by atoms with Gasteiger partial charge in [-0.05, 0) is 96.8 Å². The summed E-state index contributed by atoms with van der Waals surface area (Å²) in [5.41, 5.74) is -2.09. The van der Waals surface area contributed by atoms with E-state index in [2.05, 4.69) is 28.4 Å². The number of likely N-dealkylation sites (tertiary alicyclic amines) is 1. The number of methoxy groups -OCH3 is 1. The van der Waals surface area contributed by atoms with Gasteiger partial charge in [0.15, 0.2) is 5.69 Å². The number of aromatic hydroxyl groups is 1. The van der Waals surface area contributed by atoms with Crippen molar-refractivity contribution in [1.82, 2.24) is 20.1 Å². The number of fused-ring (bicyclic) bond motifs is 1. The Labute approximate surface area is 334 Å². The molecule has 15 heteroatoms. The van der Waals surface area contributed by atoms with Crippen LogP contribution < -0.4 is 10.1 Å². The molecule has 0 saturated carbocycles. The fraction of sp³-hybridized carbons (Fsp3) is 0.619. The van der Waals surface area contributed by atoms with Crippen molar-refractivity contribution in [1.29, 1.82) is 0 Å². The smallest absolute Gasteiger partial charge is 0.437 e. The van der Waals surface area contributed by atoms with Crippen molar-refractivity contribution >= 4 is 28.9 Å². The number of halogens is 3. The maximum Gasteiger partial charge on any atom is 0.437 e. The van der Waals surface area contributed by atoms with Crippen LogP contribution in [-0.4, -0.2) is 109 Å². The molecule has 318 valence electrons. The molecule has 2 unspecified atom stereocenters. The number of amides is 2. The molecule has 0 spiro atoms. The molecular formula is C42H61F3N4O8. The zero-order valence-electron chi connectivity index (χ0n) is 34.1. The quantitative estimate of drug-likeness (QED) is 0.0934. The summed E-state index contributed by atoms with van der Waals surface area (Å²) in [6.45, 7) is 18.5. The number of carbonyl (C=O) groups is 3. The molecule has 2 N–H and O–H groups in total. The van der Waals surface area contributed by atoms with E-state index in [0.717, 1.165) is 45.3 Å². The second-order valence-electron chi connectivity index (χ2n) is 15.3. The number of carbonyl (C=O) groups excluding carboxylic acids is 3. The van der Waals surface area contributed by atoms with Crippen molar-refractivity contribution in [3.05, 3.63) is 54.8 Å². The van der Waals surface area contributed by atoms with Crippen LogP contribution in [0.2, 0.25) is 0 Å². The fourth-order valence-corrected chi connectivity index (χ4v) is 6.95. The van der Waals surface area contributed by atoms with Crippen LogP contribution >= 0.6 is 0 Å². The number of pyridine rings is 1. The lowest BCUT2D eigenvalue weighted by Crippen LogP contribution is -2.52. The van der Waals surface area contributed by atoms with Crippen molar-refractivity contribution in [3.63, 3.8) is 0 Å². The van der Waals surface area contributed by atoms with Gasteiger partial charge in [-0.3, -0.25) is 9.69 Å². The first-order chi connectivity index (χ1) is 27.0. The van der Waals surface area contributed by atoms with E-state index in [1.807, 2.05) is 13.0 Å². The zero-order chi connectivity index (χ0) is 42.2. The highest BCUT2D eigenvalue weighted by molar-refractivity contribution is 5.90. The minimum absolute atomic E-state index is 0.00209. The Kier molecular flexibility index (Phi) is 18.6. The highest BCUT2D eigenvalue weighted by Gasteiger charge is 2.43. The monoisotopic (exact) mass is 806 g/mol. The minimum atomic E-state index is -4.91. The zero-order valence-corrected chi connectivity index (χ0v) is 34.1. The van der Waals surface area contributed by atoms with Gasteiger partial charge in [-0.1, -0.05) is 25.0 Å². The lowest BCUT2D eigenvalue weighted by atomic mass is 9.94. The number of alkyl carbamates (subject to hydrolysis) is 1. The van der Waals surface area contributed by atoms with Crippen molar-refractivity contribution in [2.24, 2.45) is 5.92 Å². The molecule has 2 fully saturated rings. The molecule has 2 amide bonds. The molecule has 2 aromatic rings. The van der Waals surface area contributed by atoms with Gasteiger partial charge >= 0.3 is 18.2 Å². The number of unbranched alkanes of at least 4 members (excludes halogenated alkanes) is 3. The van der Waals surface area contributed by atoms with Crippen molar-refractivity contribution in [2.45, 2.75) is 109 Å². The molecule has 0 aliphatic carbocycles. The normalized spacial score (nSPS) is 17.9. The average molecular weight is 807 g/mol. The first-order valence-electron chi connectivity index (χ1n) is 19.7. The maximum atomic E-state index is 14.1. The first kappa shape index (κ1) is 47.0. The summed E-state index contributed by atoms with van der Waals surface area (Å²) in [6, 6.07) is 2.65. The van der Waals surface area contributed by atoms with E-state index in [9.17, 15) is 32.7 Å². The van der Waals surface area contributed by atoms with Crippen molar-refractivity contribution in [2.75, 3.05) is 53.1 Å². The van der Waals surface area contributed by atoms with Gasteiger partial charge < -0.3 is 34.3 Å². The van der Waals surface area contributed by atoms with Crippen molar-refractivity contribution < 1.29 is 51.6 Å². The molecule has 2 aliphatic heterocycles. The van der Waals surface area contributed by atoms with Crippen LogP contribution in [0, 0.1) is 5.92 Å². The van der Waals surface area contributed by atoms with E-state index in [0.29, 0.717) is 43.8 Å². The van der Waals surface area contributed by atoms with Gasteiger partial charge in [0.1, 0.15) is 29.2 Å². The maximum absolute atomic E-state index is 14.1. The van der Waals surface area contributed by atoms with E-state index in [1.165, 1.54) is 18.1 Å².